The normalized spacial score (nSPS) is 35.1. The topological polar surface area (TPSA) is 109 Å². The maximum atomic E-state index is 11.9. The Hall–Kier alpha value is -1.48. The third kappa shape index (κ3) is 2.10. The van der Waals surface area contributed by atoms with Crippen LogP contribution in [0.2, 0.25) is 0 Å². The Labute approximate surface area is 115 Å². The van der Waals surface area contributed by atoms with Gasteiger partial charge in [0.1, 0.15) is 24.1 Å². The van der Waals surface area contributed by atoms with E-state index in [0.29, 0.717) is 0 Å². The van der Waals surface area contributed by atoms with Crippen molar-refractivity contribution >= 4 is 5.82 Å². The number of aromatic nitrogens is 2. The van der Waals surface area contributed by atoms with Crippen LogP contribution >= 0.6 is 0 Å². The summed E-state index contributed by atoms with van der Waals surface area (Å²) >= 11 is 0. The average molecular weight is 283 g/mol. The summed E-state index contributed by atoms with van der Waals surface area (Å²) in [6.45, 7) is 3.34. The Morgan fingerprint density at radius 1 is 1.45 bits per heavy atom. The smallest absolute Gasteiger partial charge is 0.351 e. The van der Waals surface area contributed by atoms with E-state index in [1.807, 2.05) is 0 Å². The minimum Gasteiger partial charge on any atom is -0.394 e. The van der Waals surface area contributed by atoms with Crippen molar-refractivity contribution in [3.05, 3.63) is 22.7 Å². The largest absolute Gasteiger partial charge is 0.394 e. The highest BCUT2D eigenvalue weighted by Gasteiger charge is 2.55. The lowest BCUT2D eigenvalue weighted by atomic mass is 10.1. The highest BCUT2D eigenvalue weighted by molar-refractivity contribution is 5.23. The van der Waals surface area contributed by atoms with Crippen LogP contribution in [0.3, 0.4) is 0 Å². The molecule has 2 aliphatic heterocycles. The first-order valence-corrected chi connectivity index (χ1v) is 6.38. The lowest BCUT2D eigenvalue weighted by Gasteiger charge is -2.24. The molecule has 2 unspecified atom stereocenters. The van der Waals surface area contributed by atoms with Gasteiger partial charge in [0.2, 0.25) is 0 Å². The molecule has 0 radical (unpaired) electrons. The predicted octanol–water partition coefficient (Wildman–Crippen LogP) is -0.765. The van der Waals surface area contributed by atoms with Crippen LogP contribution < -0.4 is 11.4 Å². The standard InChI is InChI=1S/C12H17N3O5/c1-12(2)19-8-6(5-16)18-10(9(8)20-12)15-4-3-7(13)14-11(15)17/h3-4,6,8-10,16H,5H2,1-2H3,(H2,13,14,17)/t6-,8?,9?,10-/m1/s1. The molecule has 3 heterocycles. The maximum absolute atomic E-state index is 11.9. The molecule has 2 saturated heterocycles. The van der Waals surface area contributed by atoms with Crippen molar-refractivity contribution in [3.63, 3.8) is 0 Å². The number of fused-ring (bicyclic) bond motifs is 1. The van der Waals surface area contributed by atoms with Gasteiger partial charge in [-0.2, -0.15) is 4.98 Å². The Bertz CT molecular complexity index is 572. The van der Waals surface area contributed by atoms with E-state index in [4.69, 9.17) is 19.9 Å². The molecule has 1 aromatic rings. The molecule has 4 atom stereocenters. The molecule has 2 aliphatic rings. The van der Waals surface area contributed by atoms with E-state index in [0.717, 1.165) is 0 Å². The highest BCUT2D eigenvalue weighted by atomic mass is 16.8. The van der Waals surface area contributed by atoms with Crippen LogP contribution in [-0.4, -0.2) is 45.4 Å². The third-order valence-electron chi connectivity index (χ3n) is 3.43. The van der Waals surface area contributed by atoms with Gasteiger partial charge in [-0.05, 0) is 19.9 Å². The minimum absolute atomic E-state index is 0.142. The highest BCUT2D eigenvalue weighted by Crippen LogP contribution is 2.42. The van der Waals surface area contributed by atoms with Crippen molar-refractivity contribution in [2.45, 2.75) is 44.2 Å². The molecule has 20 heavy (non-hydrogen) atoms. The summed E-state index contributed by atoms with van der Waals surface area (Å²) in [5.41, 5.74) is 4.94. The number of aliphatic hydroxyl groups excluding tert-OH is 1. The zero-order valence-corrected chi connectivity index (χ0v) is 11.2. The number of rotatable bonds is 2. The summed E-state index contributed by atoms with van der Waals surface area (Å²) in [6.07, 6.45) is -0.647. The summed E-state index contributed by atoms with van der Waals surface area (Å²) in [6, 6.07) is 1.51. The van der Waals surface area contributed by atoms with Crippen LogP contribution in [0, 0.1) is 0 Å². The first kappa shape index (κ1) is 13.5. The van der Waals surface area contributed by atoms with Crippen LogP contribution in [0.5, 0.6) is 0 Å². The molecule has 8 heteroatoms. The van der Waals surface area contributed by atoms with E-state index < -0.39 is 36.0 Å². The first-order valence-electron chi connectivity index (χ1n) is 6.38. The summed E-state index contributed by atoms with van der Waals surface area (Å²) in [5.74, 6) is -0.640. The number of nitrogens with two attached hydrogens (primary N) is 1. The molecule has 3 N–H and O–H groups in total. The lowest BCUT2D eigenvalue weighted by Crippen LogP contribution is -2.35. The second kappa shape index (κ2) is 4.52. The monoisotopic (exact) mass is 283 g/mol. The Morgan fingerprint density at radius 2 is 2.15 bits per heavy atom. The van der Waals surface area contributed by atoms with Gasteiger partial charge >= 0.3 is 5.69 Å². The van der Waals surface area contributed by atoms with Gasteiger partial charge in [-0.25, -0.2) is 4.79 Å². The summed E-state index contributed by atoms with van der Waals surface area (Å²) in [7, 11) is 0. The van der Waals surface area contributed by atoms with Gasteiger partial charge in [-0.3, -0.25) is 4.57 Å². The van der Waals surface area contributed by atoms with Crippen molar-refractivity contribution in [1.82, 2.24) is 9.55 Å². The molecule has 8 nitrogen and oxygen atoms in total. The SMILES string of the molecule is CC1(C)OC2C(O1)[C@@H](CO)O[C@H]2n1ccc(N)nc1=O. The zero-order chi connectivity index (χ0) is 14.5. The molecule has 2 fully saturated rings. The van der Waals surface area contributed by atoms with E-state index in [1.54, 1.807) is 13.8 Å². The number of ether oxygens (including phenoxy) is 3. The van der Waals surface area contributed by atoms with Gasteiger partial charge < -0.3 is 25.1 Å². The number of nitrogens with zero attached hydrogens (tertiary/aromatic N) is 2. The maximum Gasteiger partial charge on any atom is 0.351 e. The molecular formula is C12H17N3O5. The van der Waals surface area contributed by atoms with Crippen molar-refractivity contribution in [1.29, 1.82) is 0 Å². The number of anilines is 1. The molecule has 3 rings (SSSR count). The number of nitrogen functional groups attached to an aromatic ring is 1. The first-order chi connectivity index (χ1) is 9.41. The Kier molecular flexibility index (Phi) is 3.05. The molecule has 0 aromatic carbocycles. The second-order valence-corrected chi connectivity index (χ2v) is 5.35. The van der Waals surface area contributed by atoms with Gasteiger partial charge in [0, 0.05) is 6.20 Å². The fourth-order valence-electron chi connectivity index (χ4n) is 2.65. The van der Waals surface area contributed by atoms with E-state index in [1.165, 1.54) is 16.8 Å². The molecule has 0 aliphatic carbocycles. The Balaban J connectivity index is 1.96. The molecule has 0 amide bonds. The van der Waals surface area contributed by atoms with Crippen LogP contribution in [0.1, 0.15) is 20.1 Å². The Morgan fingerprint density at radius 3 is 2.80 bits per heavy atom. The van der Waals surface area contributed by atoms with Gasteiger partial charge in [0.15, 0.2) is 12.0 Å². The molecule has 0 bridgehead atoms. The lowest BCUT2D eigenvalue weighted by molar-refractivity contribution is -0.200. The fourth-order valence-corrected chi connectivity index (χ4v) is 2.65. The van der Waals surface area contributed by atoms with Gasteiger partial charge in [0.25, 0.3) is 0 Å². The number of hydrogen-bond donors (Lipinski definition) is 2. The van der Waals surface area contributed by atoms with Crippen molar-refractivity contribution < 1.29 is 19.3 Å². The van der Waals surface area contributed by atoms with Gasteiger partial charge in [0.05, 0.1) is 6.61 Å². The van der Waals surface area contributed by atoms with E-state index in [-0.39, 0.29) is 12.4 Å². The number of aliphatic hydroxyl groups is 1. The summed E-state index contributed by atoms with van der Waals surface area (Å²) < 4.78 is 18.5. The van der Waals surface area contributed by atoms with Crippen molar-refractivity contribution in [2.24, 2.45) is 0 Å². The fraction of sp³-hybridized carbons (Fsp3) is 0.667. The molecule has 0 spiro atoms. The molecular weight excluding hydrogens is 266 g/mol. The summed E-state index contributed by atoms with van der Waals surface area (Å²) in [5, 5.41) is 9.38. The van der Waals surface area contributed by atoms with Crippen LogP contribution in [0.15, 0.2) is 17.1 Å². The molecule has 0 saturated carbocycles. The number of hydrogen-bond acceptors (Lipinski definition) is 7. The molecule has 1 aromatic heterocycles. The van der Waals surface area contributed by atoms with E-state index in [9.17, 15) is 9.90 Å². The predicted molar refractivity (Wildman–Crippen MR) is 67.7 cm³/mol. The van der Waals surface area contributed by atoms with Gasteiger partial charge in [-0.1, -0.05) is 0 Å². The van der Waals surface area contributed by atoms with Crippen LogP contribution in [0.25, 0.3) is 0 Å². The average Bonchev–Trinajstić information content (AvgIpc) is 2.83. The minimum atomic E-state index is -0.782. The van der Waals surface area contributed by atoms with Gasteiger partial charge in [-0.15, -0.1) is 0 Å². The third-order valence-corrected chi connectivity index (χ3v) is 3.43. The van der Waals surface area contributed by atoms with Crippen LogP contribution in [-0.2, 0) is 14.2 Å². The quantitative estimate of drug-likeness (QED) is 0.734. The van der Waals surface area contributed by atoms with Crippen LogP contribution in [0.4, 0.5) is 5.82 Å². The second-order valence-electron chi connectivity index (χ2n) is 5.35. The molecule has 110 valence electrons. The van der Waals surface area contributed by atoms with Crippen molar-refractivity contribution in [3.8, 4) is 0 Å². The summed E-state index contributed by atoms with van der Waals surface area (Å²) in [4.78, 5) is 15.6. The van der Waals surface area contributed by atoms with Crippen molar-refractivity contribution in [2.75, 3.05) is 12.3 Å². The van der Waals surface area contributed by atoms with E-state index in [2.05, 4.69) is 4.98 Å². The van der Waals surface area contributed by atoms with E-state index >= 15 is 0 Å². The zero-order valence-electron chi connectivity index (χ0n) is 11.2.